The highest BCUT2D eigenvalue weighted by molar-refractivity contribution is 7.92. The van der Waals surface area contributed by atoms with Gasteiger partial charge in [-0.2, -0.15) is 0 Å². The van der Waals surface area contributed by atoms with Crippen molar-refractivity contribution < 1.29 is 22.8 Å². The van der Waals surface area contributed by atoms with Crippen molar-refractivity contribution in [2.24, 2.45) is 0 Å². The topological polar surface area (TPSA) is 147 Å². The Balaban J connectivity index is 1.52. The molecular weight excluding hydrogens is 406 g/mol. The minimum absolute atomic E-state index is 0.0474. The molecule has 0 aliphatic rings. The molecular formula is C16H17N5O5S2. The summed E-state index contributed by atoms with van der Waals surface area (Å²) < 4.78 is 31.5. The number of nitrogens with zero attached hydrogens (tertiary/aromatic N) is 3. The second kappa shape index (κ2) is 8.46. The minimum atomic E-state index is -3.74. The van der Waals surface area contributed by atoms with Crippen LogP contribution in [0.4, 0.5) is 5.13 Å². The van der Waals surface area contributed by atoms with Crippen LogP contribution in [0.5, 0.6) is 0 Å². The summed E-state index contributed by atoms with van der Waals surface area (Å²) >= 11 is 0.933. The van der Waals surface area contributed by atoms with Crippen LogP contribution in [-0.2, 0) is 10.0 Å². The third kappa shape index (κ3) is 5.12. The van der Waals surface area contributed by atoms with Crippen LogP contribution in [0.15, 0.2) is 40.9 Å². The summed E-state index contributed by atoms with van der Waals surface area (Å²) in [5.74, 6) is -0.482. The van der Waals surface area contributed by atoms with Crippen LogP contribution in [0.25, 0.3) is 11.3 Å². The average Bonchev–Trinajstić information content (AvgIpc) is 3.31. The number of hydrogen-bond donors (Lipinski definition) is 3. The van der Waals surface area contributed by atoms with Crippen molar-refractivity contribution in [3.05, 3.63) is 47.1 Å². The Labute approximate surface area is 164 Å². The number of hydrogen-bond acceptors (Lipinski definition) is 9. The highest BCUT2D eigenvalue weighted by Crippen LogP contribution is 2.22. The summed E-state index contributed by atoms with van der Waals surface area (Å²) in [6.07, 6.45) is -0.835. The number of rotatable bonds is 8. The first-order chi connectivity index (χ1) is 13.3. The zero-order valence-corrected chi connectivity index (χ0v) is 16.3. The molecule has 1 amide bonds. The van der Waals surface area contributed by atoms with Crippen LogP contribution in [0, 0.1) is 0 Å². The minimum Gasteiger partial charge on any atom is -0.386 e. The third-order valence-corrected chi connectivity index (χ3v) is 5.88. The Morgan fingerprint density at radius 1 is 1.29 bits per heavy atom. The van der Waals surface area contributed by atoms with E-state index in [2.05, 4.69) is 25.4 Å². The molecule has 148 valence electrons. The van der Waals surface area contributed by atoms with Crippen LogP contribution in [0.1, 0.15) is 28.5 Å². The van der Waals surface area contributed by atoms with Crippen LogP contribution in [-0.4, -0.2) is 47.1 Å². The lowest BCUT2D eigenvalue weighted by Gasteiger charge is -2.05. The van der Waals surface area contributed by atoms with E-state index in [0.717, 1.165) is 16.9 Å². The second-order valence-corrected chi connectivity index (χ2v) is 8.59. The van der Waals surface area contributed by atoms with Gasteiger partial charge >= 0.3 is 0 Å². The zero-order valence-electron chi connectivity index (χ0n) is 14.7. The van der Waals surface area contributed by atoms with Crippen LogP contribution < -0.4 is 10.0 Å². The summed E-state index contributed by atoms with van der Waals surface area (Å²) in [6.45, 7) is 1.37. The molecule has 2 heterocycles. The predicted octanol–water partition coefficient (Wildman–Crippen LogP) is 1.42. The van der Waals surface area contributed by atoms with E-state index in [0.29, 0.717) is 10.8 Å². The molecule has 0 spiro atoms. The first kappa shape index (κ1) is 19.9. The number of nitrogens with one attached hydrogen (secondary N) is 2. The largest absolute Gasteiger partial charge is 0.386 e. The normalized spacial score (nSPS) is 12.5. The van der Waals surface area contributed by atoms with E-state index in [-0.39, 0.29) is 23.1 Å². The molecule has 0 aliphatic carbocycles. The monoisotopic (exact) mass is 423 g/mol. The van der Waals surface area contributed by atoms with Crippen molar-refractivity contribution in [1.82, 2.24) is 20.7 Å². The van der Waals surface area contributed by atoms with Crippen molar-refractivity contribution in [2.75, 3.05) is 17.0 Å². The maximum Gasteiger partial charge on any atom is 0.273 e. The number of carbonyl (C=O) groups is 1. The van der Waals surface area contributed by atoms with E-state index in [1.807, 2.05) is 30.3 Å². The molecule has 3 aromatic rings. The number of carbonyl (C=O) groups excluding carboxylic acids is 1. The highest BCUT2D eigenvalue weighted by atomic mass is 32.2. The number of aliphatic hydroxyl groups is 1. The Morgan fingerprint density at radius 3 is 2.71 bits per heavy atom. The van der Waals surface area contributed by atoms with Gasteiger partial charge in [0.05, 0.1) is 5.75 Å². The van der Waals surface area contributed by atoms with Gasteiger partial charge in [-0.25, -0.2) is 8.42 Å². The number of anilines is 1. The number of amides is 1. The molecule has 0 saturated carbocycles. The molecule has 0 radical (unpaired) electrons. The lowest BCUT2D eigenvalue weighted by Crippen LogP contribution is -2.31. The van der Waals surface area contributed by atoms with Gasteiger partial charge in [0.15, 0.2) is 11.5 Å². The maximum atomic E-state index is 12.1. The fraction of sp³-hybridized carbons (Fsp3) is 0.250. The zero-order chi connectivity index (χ0) is 20.1. The van der Waals surface area contributed by atoms with Crippen LogP contribution in [0.2, 0.25) is 0 Å². The van der Waals surface area contributed by atoms with Gasteiger partial charge in [0.1, 0.15) is 11.1 Å². The summed E-state index contributed by atoms with van der Waals surface area (Å²) in [5.41, 5.74) is 0.823. The van der Waals surface area contributed by atoms with E-state index in [9.17, 15) is 18.3 Å². The van der Waals surface area contributed by atoms with E-state index in [1.54, 1.807) is 0 Å². The standard InChI is InChI=1S/C16H17N5O5S2/c1-10(22)15-18-19-16(27-15)21-28(24,25)8-7-17-14(23)12-9-13(26-20-12)11-5-3-2-4-6-11/h2-6,9-10,22H,7-8H2,1H3,(H,17,23)(H,19,21). The molecule has 10 nitrogen and oxygen atoms in total. The molecule has 1 unspecified atom stereocenters. The van der Waals surface area contributed by atoms with E-state index >= 15 is 0 Å². The highest BCUT2D eigenvalue weighted by Gasteiger charge is 2.18. The smallest absolute Gasteiger partial charge is 0.273 e. The molecule has 0 saturated heterocycles. The quantitative estimate of drug-likeness (QED) is 0.493. The molecule has 12 heteroatoms. The van der Waals surface area contributed by atoms with E-state index in [4.69, 9.17) is 4.52 Å². The van der Waals surface area contributed by atoms with Crippen LogP contribution >= 0.6 is 11.3 Å². The number of benzene rings is 1. The lowest BCUT2D eigenvalue weighted by molar-refractivity contribution is 0.0947. The van der Waals surface area contributed by atoms with Crippen molar-refractivity contribution in [3.63, 3.8) is 0 Å². The Morgan fingerprint density at radius 2 is 2.04 bits per heavy atom. The summed E-state index contributed by atoms with van der Waals surface area (Å²) in [4.78, 5) is 12.1. The van der Waals surface area contributed by atoms with Gasteiger partial charge in [0, 0.05) is 18.2 Å². The first-order valence-corrected chi connectivity index (χ1v) is 10.6. The number of aliphatic hydroxyl groups excluding tert-OH is 1. The predicted molar refractivity (Wildman–Crippen MR) is 102 cm³/mol. The van der Waals surface area contributed by atoms with Gasteiger partial charge in [-0.05, 0) is 6.92 Å². The van der Waals surface area contributed by atoms with Gasteiger partial charge in [-0.15, -0.1) is 10.2 Å². The molecule has 1 aromatic carbocycles. The molecule has 0 bridgehead atoms. The number of sulfonamides is 1. The SMILES string of the molecule is CC(O)c1nnc(NS(=O)(=O)CCNC(=O)c2cc(-c3ccccc3)on2)s1. The molecule has 2 aromatic heterocycles. The molecule has 0 aliphatic heterocycles. The third-order valence-electron chi connectivity index (χ3n) is 3.50. The summed E-state index contributed by atoms with van der Waals surface area (Å²) in [7, 11) is -3.74. The summed E-state index contributed by atoms with van der Waals surface area (Å²) in [6, 6.07) is 10.6. The van der Waals surface area contributed by atoms with Gasteiger partial charge in [-0.3, -0.25) is 9.52 Å². The van der Waals surface area contributed by atoms with Gasteiger partial charge in [0.25, 0.3) is 5.91 Å². The lowest BCUT2D eigenvalue weighted by atomic mass is 10.1. The molecule has 1 atom stereocenters. The van der Waals surface area contributed by atoms with E-state index in [1.165, 1.54) is 13.0 Å². The van der Waals surface area contributed by atoms with Crippen LogP contribution in [0.3, 0.4) is 0 Å². The first-order valence-electron chi connectivity index (χ1n) is 8.16. The molecule has 3 N–H and O–H groups in total. The van der Waals surface area contributed by atoms with Gasteiger partial charge < -0.3 is 14.9 Å². The fourth-order valence-electron chi connectivity index (χ4n) is 2.14. The molecule has 28 heavy (non-hydrogen) atoms. The Kier molecular flexibility index (Phi) is 6.02. The van der Waals surface area contributed by atoms with Crippen molar-refractivity contribution in [2.45, 2.75) is 13.0 Å². The van der Waals surface area contributed by atoms with Gasteiger partial charge in [0.2, 0.25) is 15.2 Å². The van der Waals surface area contributed by atoms with Crippen molar-refractivity contribution >= 4 is 32.4 Å². The van der Waals surface area contributed by atoms with Crippen molar-refractivity contribution in [3.8, 4) is 11.3 Å². The maximum absolute atomic E-state index is 12.1. The Bertz CT molecular complexity index is 1050. The molecule has 3 rings (SSSR count). The summed E-state index contributed by atoms with van der Waals surface area (Å²) in [5, 5.41) is 23.2. The average molecular weight is 423 g/mol. The Hall–Kier alpha value is -2.83. The van der Waals surface area contributed by atoms with Crippen molar-refractivity contribution in [1.29, 1.82) is 0 Å². The second-order valence-electron chi connectivity index (χ2n) is 5.74. The fourth-order valence-corrected chi connectivity index (χ4v) is 4.00. The molecule has 0 fully saturated rings. The van der Waals surface area contributed by atoms with Gasteiger partial charge in [-0.1, -0.05) is 46.8 Å². The van der Waals surface area contributed by atoms with E-state index < -0.39 is 22.0 Å². The number of aromatic nitrogens is 3.